The highest BCUT2D eigenvalue weighted by molar-refractivity contribution is 6.31. The lowest BCUT2D eigenvalue weighted by atomic mass is 9.92. The van der Waals surface area contributed by atoms with E-state index in [1.165, 1.54) is 18.2 Å². The molecule has 2 aromatic rings. The number of carbonyl (C=O) groups is 1. The molecule has 0 heterocycles. The molecule has 3 nitrogen and oxygen atoms in total. The van der Waals surface area contributed by atoms with Gasteiger partial charge >= 0.3 is 6.18 Å². The smallest absolute Gasteiger partial charge is 0.369 e. The molecular weight excluding hydrogens is 331 g/mol. The van der Waals surface area contributed by atoms with Crippen LogP contribution in [-0.4, -0.2) is 17.2 Å². The maximum absolute atomic E-state index is 13.3. The van der Waals surface area contributed by atoms with Crippen LogP contribution in [0.2, 0.25) is 5.02 Å². The normalized spacial score (nSPS) is 14.1. The van der Waals surface area contributed by atoms with Crippen molar-refractivity contribution >= 4 is 17.5 Å². The summed E-state index contributed by atoms with van der Waals surface area (Å²) in [6.07, 6.45) is -5.17. The molecule has 0 aromatic heterocycles. The number of hydrogen-bond acceptors (Lipinski definition) is 2. The second kappa shape index (κ2) is 6.60. The van der Waals surface area contributed by atoms with Crippen LogP contribution in [0.4, 0.5) is 13.2 Å². The molecule has 0 saturated carbocycles. The van der Waals surface area contributed by atoms with Crippen molar-refractivity contribution < 1.29 is 23.1 Å². The van der Waals surface area contributed by atoms with Gasteiger partial charge in [-0.15, -0.1) is 0 Å². The fourth-order valence-corrected chi connectivity index (χ4v) is 2.25. The van der Waals surface area contributed by atoms with Crippen molar-refractivity contribution in [1.29, 1.82) is 0 Å². The third-order valence-electron chi connectivity index (χ3n) is 3.33. The molecule has 1 unspecified atom stereocenters. The summed E-state index contributed by atoms with van der Waals surface area (Å²) in [5, 5.41) is 12.5. The van der Waals surface area contributed by atoms with Gasteiger partial charge in [0.2, 0.25) is 0 Å². The Morgan fingerprint density at radius 3 is 2.17 bits per heavy atom. The number of benzene rings is 2. The van der Waals surface area contributed by atoms with Gasteiger partial charge in [0.25, 0.3) is 11.5 Å². The van der Waals surface area contributed by atoms with Crippen LogP contribution in [0, 0.1) is 0 Å². The maximum Gasteiger partial charge on any atom is 0.430 e. The Morgan fingerprint density at radius 2 is 1.61 bits per heavy atom. The number of hydrogen-bond donors (Lipinski definition) is 2. The molecule has 23 heavy (non-hydrogen) atoms. The molecule has 1 amide bonds. The quantitative estimate of drug-likeness (QED) is 0.894. The van der Waals surface area contributed by atoms with Gasteiger partial charge in [-0.3, -0.25) is 4.79 Å². The second-order valence-corrected chi connectivity index (χ2v) is 5.26. The number of carbonyl (C=O) groups excluding carboxylic acids is 1. The van der Waals surface area contributed by atoms with Gasteiger partial charge in [0.05, 0.1) is 0 Å². The first kappa shape index (κ1) is 17.3. The molecule has 0 bridgehead atoms. The molecule has 0 radical (unpaired) electrons. The zero-order chi connectivity index (χ0) is 17.1. The van der Waals surface area contributed by atoms with E-state index in [9.17, 15) is 23.1 Å². The zero-order valence-corrected chi connectivity index (χ0v) is 12.5. The number of halogens is 4. The van der Waals surface area contributed by atoms with Crippen LogP contribution < -0.4 is 5.32 Å². The molecule has 2 aromatic carbocycles. The third-order valence-corrected chi connectivity index (χ3v) is 3.70. The van der Waals surface area contributed by atoms with Crippen LogP contribution in [0.15, 0.2) is 54.6 Å². The minimum absolute atomic E-state index is 0.232. The van der Waals surface area contributed by atoms with E-state index in [0.717, 1.165) is 12.1 Å². The Hall–Kier alpha value is -2.05. The number of amides is 1. The van der Waals surface area contributed by atoms with Gasteiger partial charge in [-0.2, -0.15) is 13.2 Å². The third kappa shape index (κ3) is 3.48. The Kier molecular flexibility index (Phi) is 4.97. The summed E-state index contributed by atoms with van der Waals surface area (Å²) in [6.45, 7) is -0.232. The van der Waals surface area contributed by atoms with Gasteiger partial charge in [0.15, 0.2) is 0 Å². The highest BCUT2D eigenvalue weighted by Gasteiger charge is 2.60. The maximum atomic E-state index is 13.3. The van der Waals surface area contributed by atoms with Crippen LogP contribution in [0.25, 0.3) is 0 Å². The van der Waals surface area contributed by atoms with Gasteiger partial charge < -0.3 is 10.4 Å². The first-order valence-corrected chi connectivity index (χ1v) is 7.01. The van der Waals surface area contributed by atoms with Crippen molar-refractivity contribution in [2.75, 3.05) is 0 Å². The number of rotatable bonds is 4. The van der Waals surface area contributed by atoms with Crippen molar-refractivity contribution in [3.8, 4) is 0 Å². The van der Waals surface area contributed by atoms with Crippen LogP contribution in [0.3, 0.4) is 0 Å². The lowest BCUT2D eigenvalue weighted by molar-refractivity contribution is -0.257. The molecule has 7 heteroatoms. The van der Waals surface area contributed by atoms with E-state index >= 15 is 0 Å². The molecule has 0 saturated heterocycles. The van der Waals surface area contributed by atoms with E-state index in [0.29, 0.717) is 10.6 Å². The van der Waals surface area contributed by atoms with Gasteiger partial charge in [-0.05, 0) is 11.6 Å². The summed E-state index contributed by atoms with van der Waals surface area (Å²) in [5.41, 5.74) is -3.74. The predicted molar refractivity (Wildman–Crippen MR) is 79.7 cm³/mol. The van der Waals surface area contributed by atoms with Crippen molar-refractivity contribution in [2.24, 2.45) is 0 Å². The van der Waals surface area contributed by atoms with Crippen LogP contribution in [-0.2, 0) is 16.9 Å². The van der Waals surface area contributed by atoms with E-state index in [2.05, 4.69) is 5.32 Å². The van der Waals surface area contributed by atoms with Gasteiger partial charge in [0.1, 0.15) is 0 Å². The largest absolute Gasteiger partial charge is 0.430 e. The Labute approximate surface area is 135 Å². The summed E-state index contributed by atoms with van der Waals surface area (Å²) in [5.74, 6) is -1.56. The molecule has 122 valence electrons. The minimum atomic E-state index is -5.17. The molecular formula is C16H13ClF3NO2. The van der Waals surface area contributed by atoms with Crippen LogP contribution in [0.1, 0.15) is 11.1 Å². The van der Waals surface area contributed by atoms with Gasteiger partial charge in [0, 0.05) is 17.1 Å². The molecule has 0 aliphatic rings. The number of nitrogens with one attached hydrogen (secondary N) is 1. The summed E-state index contributed by atoms with van der Waals surface area (Å²) >= 11 is 5.89. The van der Waals surface area contributed by atoms with Crippen molar-refractivity contribution in [2.45, 2.75) is 18.3 Å². The first-order chi connectivity index (χ1) is 10.8. The highest BCUT2D eigenvalue weighted by atomic mass is 35.5. The topological polar surface area (TPSA) is 49.3 Å². The van der Waals surface area contributed by atoms with E-state index in [-0.39, 0.29) is 6.54 Å². The summed E-state index contributed by atoms with van der Waals surface area (Å²) in [7, 11) is 0. The van der Waals surface area contributed by atoms with Crippen molar-refractivity contribution in [3.63, 3.8) is 0 Å². The summed E-state index contributed by atoms with van der Waals surface area (Å²) in [6, 6.07) is 12.6. The molecule has 1 atom stereocenters. The standard InChI is InChI=1S/C16H13ClF3NO2/c17-13-9-5-4-6-11(13)10-21-14(22)15(23,16(18,19)20)12-7-2-1-3-8-12/h1-9,23H,10H2,(H,21,22). The SMILES string of the molecule is O=C(NCc1ccccc1Cl)C(O)(c1ccccc1)C(F)(F)F. The summed E-state index contributed by atoms with van der Waals surface area (Å²) < 4.78 is 39.9. The first-order valence-electron chi connectivity index (χ1n) is 6.63. The monoisotopic (exact) mass is 343 g/mol. The van der Waals surface area contributed by atoms with E-state index in [1.807, 2.05) is 0 Å². The number of aliphatic hydroxyl groups is 1. The lowest BCUT2D eigenvalue weighted by Crippen LogP contribution is -2.54. The average molecular weight is 344 g/mol. The molecule has 0 aliphatic carbocycles. The number of alkyl halides is 3. The highest BCUT2D eigenvalue weighted by Crippen LogP contribution is 2.39. The molecule has 0 fully saturated rings. The zero-order valence-electron chi connectivity index (χ0n) is 11.8. The van der Waals surface area contributed by atoms with E-state index < -0.39 is 23.2 Å². The van der Waals surface area contributed by atoms with E-state index in [1.54, 1.807) is 24.3 Å². The van der Waals surface area contributed by atoms with Crippen molar-refractivity contribution in [3.05, 3.63) is 70.7 Å². The fraction of sp³-hybridized carbons (Fsp3) is 0.188. The average Bonchev–Trinajstić information content (AvgIpc) is 2.52. The van der Waals surface area contributed by atoms with Crippen molar-refractivity contribution in [1.82, 2.24) is 5.32 Å². The van der Waals surface area contributed by atoms with Crippen LogP contribution >= 0.6 is 11.6 Å². The predicted octanol–water partition coefficient (Wildman–Crippen LogP) is 3.41. The Bertz CT molecular complexity index is 691. The minimum Gasteiger partial charge on any atom is -0.369 e. The Balaban J connectivity index is 2.27. The van der Waals surface area contributed by atoms with Gasteiger partial charge in [-0.25, -0.2) is 0 Å². The fourth-order valence-electron chi connectivity index (χ4n) is 2.05. The molecule has 2 N–H and O–H groups in total. The second-order valence-electron chi connectivity index (χ2n) is 4.85. The Morgan fingerprint density at radius 1 is 1.04 bits per heavy atom. The summed E-state index contributed by atoms with van der Waals surface area (Å²) in [4.78, 5) is 12.1. The molecule has 0 aliphatic heterocycles. The van der Waals surface area contributed by atoms with Crippen LogP contribution in [0.5, 0.6) is 0 Å². The lowest BCUT2D eigenvalue weighted by Gasteiger charge is -2.29. The molecule has 2 rings (SSSR count). The van der Waals surface area contributed by atoms with Gasteiger partial charge in [-0.1, -0.05) is 60.1 Å². The molecule has 0 spiro atoms. The van der Waals surface area contributed by atoms with E-state index in [4.69, 9.17) is 11.6 Å².